The number of carbonyl (C=O) groups is 2. The molecule has 3 aromatic carbocycles. The molecule has 1 heterocycles. The van der Waals surface area contributed by atoms with Crippen LogP contribution in [0.5, 0.6) is 0 Å². The van der Waals surface area contributed by atoms with Crippen LogP contribution in [0, 0.1) is 6.92 Å². The summed E-state index contributed by atoms with van der Waals surface area (Å²) in [7, 11) is 1.59. The van der Waals surface area contributed by atoms with Gasteiger partial charge < -0.3 is 24.8 Å². The number of anilines is 1. The second kappa shape index (κ2) is 13.6. The van der Waals surface area contributed by atoms with Gasteiger partial charge in [0.2, 0.25) is 5.91 Å². The lowest BCUT2D eigenvalue weighted by Crippen LogP contribution is -2.46. The number of nitrogens with zero attached hydrogens (tertiary/aromatic N) is 2. The molecule has 3 amide bonds. The van der Waals surface area contributed by atoms with E-state index in [1.807, 2.05) is 54.4 Å². The third-order valence-corrected chi connectivity index (χ3v) is 6.94. The summed E-state index contributed by atoms with van der Waals surface area (Å²) in [6, 6.07) is 23.8. The first kappa shape index (κ1) is 27.9. The van der Waals surface area contributed by atoms with E-state index in [4.69, 9.17) is 4.74 Å². The Morgan fingerprint density at radius 3 is 2.49 bits per heavy atom. The molecule has 0 atom stereocenters. The normalized spacial score (nSPS) is 10.9. The first-order valence-corrected chi connectivity index (χ1v) is 13.5. The molecule has 0 saturated carbocycles. The Labute approximate surface area is 230 Å². The van der Waals surface area contributed by atoms with Crippen molar-refractivity contribution in [3.05, 3.63) is 101 Å². The maximum Gasteiger partial charge on any atom is 0.322 e. The highest BCUT2D eigenvalue weighted by Crippen LogP contribution is 2.19. The molecule has 0 spiro atoms. The SMILES string of the molecule is CCc1cccc(NC(=O)N(CCOC)CC(=O)N(CCc2c[nH]c3ccccc23)Cc2ccc(C)cc2)c1. The van der Waals surface area contributed by atoms with Gasteiger partial charge in [0.1, 0.15) is 6.54 Å². The molecule has 7 nitrogen and oxygen atoms in total. The highest BCUT2D eigenvalue weighted by Gasteiger charge is 2.22. The predicted octanol–water partition coefficient (Wildman–Crippen LogP) is 5.79. The van der Waals surface area contributed by atoms with E-state index in [0.717, 1.165) is 34.0 Å². The van der Waals surface area contributed by atoms with Gasteiger partial charge in [-0.15, -0.1) is 0 Å². The first-order chi connectivity index (χ1) is 19.0. The molecule has 4 rings (SSSR count). The third kappa shape index (κ3) is 7.71. The van der Waals surface area contributed by atoms with Crippen LogP contribution in [0.25, 0.3) is 10.9 Å². The van der Waals surface area contributed by atoms with Gasteiger partial charge in [0, 0.05) is 49.5 Å². The zero-order chi connectivity index (χ0) is 27.6. The van der Waals surface area contributed by atoms with Gasteiger partial charge in [-0.05, 0) is 54.7 Å². The average molecular weight is 527 g/mol. The molecule has 0 aliphatic carbocycles. The monoisotopic (exact) mass is 526 g/mol. The lowest BCUT2D eigenvalue weighted by atomic mass is 10.1. The van der Waals surface area contributed by atoms with Gasteiger partial charge in [0.15, 0.2) is 0 Å². The van der Waals surface area contributed by atoms with E-state index >= 15 is 0 Å². The van der Waals surface area contributed by atoms with Gasteiger partial charge in [0.05, 0.1) is 6.61 Å². The van der Waals surface area contributed by atoms with E-state index in [1.165, 1.54) is 10.5 Å². The highest BCUT2D eigenvalue weighted by atomic mass is 16.5. The van der Waals surface area contributed by atoms with Crippen molar-refractivity contribution in [3.63, 3.8) is 0 Å². The van der Waals surface area contributed by atoms with Crippen LogP contribution in [0.2, 0.25) is 0 Å². The number of hydrogen-bond acceptors (Lipinski definition) is 3. The number of carbonyl (C=O) groups excluding carboxylic acids is 2. The van der Waals surface area contributed by atoms with E-state index in [0.29, 0.717) is 38.3 Å². The summed E-state index contributed by atoms with van der Waals surface area (Å²) in [5, 5.41) is 4.12. The van der Waals surface area contributed by atoms with Crippen LogP contribution in [-0.2, 0) is 28.9 Å². The number of aromatic amines is 1. The molecular formula is C32H38N4O3. The molecule has 0 aliphatic heterocycles. The van der Waals surface area contributed by atoms with E-state index in [1.54, 1.807) is 7.11 Å². The van der Waals surface area contributed by atoms with Crippen molar-refractivity contribution < 1.29 is 14.3 Å². The lowest BCUT2D eigenvalue weighted by Gasteiger charge is -2.28. The third-order valence-electron chi connectivity index (χ3n) is 6.94. The predicted molar refractivity (Wildman–Crippen MR) is 157 cm³/mol. The van der Waals surface area contributed by atoms with Crippen molar-refractivity contribution in [1.29, 1.82) is 0 Å². The number of hydrogen-bond donors (Lipinski definition) is 2. The van der Waals surface area contributed by atoms with Crippen molar-refractivity contribution in [2.45, 2.75) is 33.2 Å². The summed E-state index contributed by atoms with van der Waals surface area (Å²) in [4.78, 5) is 33.7. The minimum Gasteiger partial charge on any atom is -0.383 e. The summed E-state index contributed by atoms with van der Waals surface area (Å²) >= 11 is 0. The molecule has 39 heavy (non-hydrogen) atoms. The van der Waals surface area contributed by atoms with Gasteiger partial charge in [-0.1, -0.05) is 67.1 Å². The number of urea groups is 1. The topological polar surface area (TPSA) is 77.7 Å². The molecule has 0 aliphatic rings. The summed E-state index contributed by atoms with van der Waals surface area (Å²) < 4.78 is 5.25. The second-order valence-corrected chi connectivity index (χ2v) is 9.81. The quantitative estimate of drug-likeness (QED) is 0.245. The summed E-state index contributed by atoms with van der Waals surface area (Å²) in [5.74, 6) is -0.107. The number of benzene rings is 3. The number of nitrogens with one attached hydrogen (secondary N) is 2. The van der Waals surface area contributed by atoms with Crippen LogP contribution in [-0.4, -0.2) is 60.1 Å². The average Bonchev–Trinajstić information content (AvgIpc) is 3.37. The number of aromatic nitrogens is 1. The standard InChI is InChI=1S/C32H38N4O3/c1-4-25-8-7-9-28(20-25)34-32(38)36(18-19-39-3)23-31(37)35(22-26-14-12-24(2)13-15-26)17-16-27-21-33-30-11-6-5-10-29(27)30/h5-15,20-21,33H,4,16-19,22-23H2,1-3H3,(H,34,38). The molecular weight excluding hydrogens is 488 g/mol. The zero-order valence-electron chi connectivity index (χ0n) is 23.1. The maximum absolute atomic E-state index is 13.7. The van der Waals surface area contributed by atoms with Gasteiger partial charge in [0.25, 0.3) is 0 Å². The molecule has 0 radical (unpaired) electrons. The maximum atomic E-state index is 13.7. The van der Waals surface area contributed by atoms with E-state index in [9.17, 15) is 9.59 Å². The fraction of sp³-hybridized carbons (Fsp3) is 0.312. The summed E-state index contributed by atoms with van der Waals surface area (Å²) in [6.07, 6.45) is 3.59. The molecule has 0 unspecified atom stereocenters. The lowest BCUT2D eigenvalue weighted by molar-refractivity contribution is -0.132. The number of rotatable bonds is 12. The number of fused-ring (bicyclic) bond motifs is 1. The molecule has 4 aromatic rings. The second-order valence-electron chi connectivity index (χ2n) is 9.81. The van der Waals surface area contributed by atoms with Crippen molar-refractivity contribution >= 4 is 28.5 Å². The molecule has 0 saturated heterocycles. The Morgan fingerprint density at radius 1 is 0.923 bits per heavy atom. The Bertz CT molecular complexity index is 1380. The van der Waals surface area contributed by atoms with E-state index in [-0.39, 0.29) is 18.5 Å². The first-order valence-electron chi connectivity index (χ1n) is 13.5. The fourth-order valence-electron chi connectivity index (χ4n) is 4.59. The number of para-hydroxylation sites is 1. The highest BCUT2D eigenvalue weighted by molar-refractivity contribution is 5.92. The minimum atomic E-state index is -0.319. The van der Waals surface area contributed by atoms with Gasteiger partial charge in [-0.2, -0.15) is 0 Å². The van der Waals surface area contributed by atoms with Crippen molar-refractivity contribution in [3.8, 4) is 0 Å². The zero-order valence-corrected chi connectivity index (χ0v) is 23.1. The number of ether oxygens (including phenoxy) is 1. The van der Waals surface area contributed by atoms with Crippen molar-refractivity contribution in [2.24, 2.45) is 0 Å². The Hall–Kier alpha value is -4.10. The Balaban J connectivity index is 1.50. The van der Waals surface area contributed by atoms with E-state index in [2.05, 4.69) is 53.6 Å². The van der Waals surface area contributed by atoms with Crippen molar-refractivity contribution in [2.75, 3.05) is 38.7 Å². The summed E-state index contributed by atoms with van der Waals surface area (Å²) in [6.45, 7) is 5.73. The number of amides is 3. The number of aryl methyl sites for hydroxylation is 2. The molecule has 0 fully saturated rings. The number of methoxy groups -OCH3 is 1. The molecule has 2 N–H and O–H groups in total. The fourth-order valence-corrected chi connectivity index (χ4v) is 4.59. The van der Waals surface area contributed by atoms with Crippen LogP contribution in [0.4, 0.5) is 10.5 Å². The van der Waals surface area contributed by atoms with Crippen LogP contribution >= 0.6 is 0 Å². The molecule has 0 bridgehead atoms. The van der Waals surface area contributed by atoms with Crippen LogP contribution in [0.3, 0.4) is 0 Å². The Kier molecular flexibility index (Phi) is 9.75. The summed E-state index contributed by atoms with van der Waals surface area (Å²) in [5.41, 5.74) is 6.32. The van der Waals surface area contributed by atoms with Crippen LogP contribution in [0.15, 0.2) is 79.0 Å². The smallest absolute Gasteiger partial charge is 0.322 e. The van der Waals surface area contributed by atoms with E-state index < -0.39 is 0 Å². The largest absolute Gasteiger partial charge is 0.383 e. The minimum absolute atomic E-state index is 0.0393. The van der Waals surface area contributed by atoms with Gasteiger partial charge in [-0.3, -0.25) is 4.79 Å². The van der Waals surface area contributed by atoms with Crippen LogP contribution < -0.4 is 5.32 Å². The Morgan fingerprint density at radius 2 is 1.72 bits per heavy atom. The van der Waals surface area contributed by atoms with Crippen LogP contribution in [0.1, 0.15) is 29.2 Å². The molecule has 204 valence electrons. The van der Waals surface area contributed by atoms with Gasteiger partial charge >= 0.3 is 6.03 Å². The van der Waals surface area contributed by atoms with Crippen molar-refractivity contribution in [1.82, 2.24) is 14.8 Å². The molecule has 7 heteroatoms. The number of H-pyrrole nitrogens is 1. The molecule has 1 aromatic heterocycles. The van der Waals surface area contributed by atoms with Gasteiger partial charge in [-0.25, -0.2) is 4.79 Å².